The number of rotatable bonds is 6. The molecule has 1 heterocycles. The molecule has 2 atom stereocenters. The van der Waals surface area contributed by atoms with Crippen LogP contribution in [0, 0.1) is 10.1 Å². The van der Waals surface area contributed by atoms with Crippen LogP contribution < -0.4 is 5.32 Å². The first-order chi connectivity index (χ1) is 13.0. The average molecular weight is 423 g/mol. The Balaban J connectivity index is 2.22. The number of hydrogen-bond donors (Lipinski definition) is 3. The van der Waals surface area contributed by atoms with E-state index in [9.17, 15) is 38.3 Å². The van der Waals surface area contributed by atoms with Gasteiger partial charge in [-0.3, -0.25) is 19.6 Å². The number of benzene rings is 1. The first-order valence-electron chi connectivity index (χ1n) is 7.61. The number of hydrogen-bond acceptors (Lipinski definition) is 6. The molecule has 9 nitrogen and oxygen atoms in total. The Hall–Kier alpha value is -2.70. The van der Waals surface area contributed by atoms with E-state index in [4.69, 9.17) is 11.6 Å². The van der Waals surface area contributed by atoms with Gasteiger partial charge in [0.25, 0.3) is 11.6 Å². The highest BCUT2D eigenvalue weighted by Gasteiger charge is 2.40. The van der Waals surface area contributed by atoms with E-state index in [0.717, 1.165) is 19.2 Å². The lowest BCUT2D eigenvalue weighted by Crippen LogP contribution is -2.42. The standard InChI is InChI=1S/C15H14ClF3N4O5/c1-22-13(15(17,18)19)10(16)11(21-22)14(26)20-9(6-24)12(25)7-2-4-8(5-3-7)23(27)28/h2-5,9,12,24-25H,6H2,1H3,(H,20,26). The maximum atomic E-state index is 12.9. The van der Waals surface area contributed by atoms with Crippen molar-refractivity contribution in [3.63, 3.8) is 0 Å². The molecule has 13 heteroatoms. The van der Waals surface area contributed by atoms with Gasteiger partial charge in [0.15, 0.2) is 11.4 Å². The van der Waals surface area contributed by atoms with Gasteiger partial charge in [-0.2, -0.15) is 18.3 Å². The molecule has 0 saturated heterocycles. The molecule has 2 aromatic rings. The number of aryl methyl sites for hydroxylation is 1. The molecule has 1 amide bonds. The Morgan fingerprint density at radius 1 is 1.39 bits per heavy atom. The maximum Gasteiger partial charge on any atom is 0.434 e. The van der Waals surface area contributed by atoms with Gasteiger partial charge < -0.3 is 15.5 Å². The Bertz CT molecular complexity index is 885. The third kappa shape index (κ3) is 4.40. The van der Waals surface area contributed by atoms with E-state index in [0.29, 0.717) is 4.68 Å². The summed E-state index contributed by atoms with van der Waals surface area (Å²) in [6.07, 6.45) is -6.34. The largest absolute Gasteiger partial charge is 0.434 e. The number of amides is 1. The number of carbonyl (C=O) groups is 1. The zero-order valence-electron chi connectivity index (χ0n) is 14.1. The highest BCUT2D eigenvalue weighted by atomic mass is 35.5. The van der Waals surface area contributed by atoms with Crippen LogP contribution in [0.2, 0.25) is 5.02 Å². The van der Waals surface area contributed by atoms with Crippen LogP contribution in [0.5, 0.6) is 0 Å². The van der Waals surface area contributed by atoms with E-state index in [1.807, 2.05) is 0 Å². The van der Waals surface area contributed by atoms with Crippen LogP contribution in [0.3, 0.4) is 0 Å². The molecular formula is C15H14ClF3N4O5. The highest BCUT2D eigenvalue weighted by molar-refractivity contribution is 6.34. The topological polar surface area (TPSA) is 131 Å². The van der Waals surface area contributed by atoms with Crippen LogP contribution in [0.4, 0.5) is 18.9 Å². The second kappa shape index (κ2) is 8.12. The van der Waals surface area contributed by atoms with Crippen molar-refractivity contribution in [3.8, 4) is 0 Å². The van der Waals surface area contributed by atoms with Gasteiger partial charge in [-0.15, -0.1) is 0 Å². The molecule has 3 N–H and O–H groups in total. The predicted molar refractivity (Wildman–Crippen MR) is 89.6 cm³/mol. The molecule has 0 radical (unpaired) electrons. The first kappa shape index (κ1) is 21.6. The van der Waals surface area contributed by atoms with Gasteiger partial charge in [0.1, 0.15) is 11.1 Å². The Morgan fingerprint density at radius 2 is 1.96 bits per heavy atom. The fourth-order valence-corrected chi connectivity index (χ4v) is 2.79. The third-order valence-electron chi connectivity index (χ3n) is 3.81. The number of carbonyl (C=O) groups excluding carboxylic acids is 1. The summed E-state index contributed by atoms with van der Waals surface area (Å²) < 4.78 is 39.2. The molecule has 0 aliphatic carbocycles. The fourth-order valence-electron chi connectivity index (χ4n) is 2.44. The quantitative estimate of drug-likeness (QED) is 0.481. The van der Waals surface area contributed by atoms with Crippen LogP contribution in [-0.2, 0) is 13.2 Å². The summed E-state index contributed by atoms with van der Waals surface area (Å²) >= 11 is 5.63. The monoisotopic (exact) mass is 422 g/mol. The molecular weight excluding hydrogens is 409 g/mol. The van der Waals surface area contributed by atoms with Gasteiger partial charge in [0, 0.05) is 19.2 Å². The number of non-ortho nitro benzene ring substituents is 1. The van der Waals surface area contributed by atoms with Crippen molar-refractivity contribution in [1.29, 1.82) is 0 Å². The SMILES string of the molecule is Cn1nc(C(=O)NC(CO)C(O)c2ccc([N+](=O)[O-])cc2)c(Cl)c1C(F)(F)F. The maximum absolute atomic E-state index is 12.9. The number of alkyl halides is 3. The zero-order valence-corrected chi connectivity index (χ0v) is 14.9. The minimum absolute atomic E-state index is 0.132. The van der Waals surface area contributed by atoms with Crippen LogP contribution in [0.25, 0.3) is 0 Å². The number of aromatic nitrogens is 2. The average Bonchev–Trinajstić information content (AvgIpc) is 2.93. The second-order valence-electron chi connectivity index (χ2n) is 5.69. The van der Waals surface area contributed by atoms with E-state index >= 15 is 0 Å². The molecule has 152 valence electrons. The third-order valence-corrected chi connectivity index (χ3v) is 4.17. The van der Waals surface area contributed by atoms with Crippen LogP contribution >= 0.6 is 11.6 Å². The number of nitrogens with zero attached hydrogens (tertiary/aromatic N) is 3. The summed E-state index contributed by atoms with van der Waals surface area (Å²) in [5.41, 5.74) is -2.16. The van der Waals surface area contributed by atoms with Gasteiger partial charge in [0.05, 0.1) is 17.6 Å². The molecule has 0 fully saturated rings. The molecule has 2 rings (SSSR count). The molecule has 0 aliphatic heterocycles. The number of nitro groups is 1. The van der Waals surface area contributed by atoms with E-state index in [-0.39, 0.29) is 11.3 Å². The number of nitrogens with one attached hydrogen (secondary N) is 1. The van der Waals surface area contributed by atoms with Crippen LogP contribution in [-0.4, -0.2) is 43.5 Å². The lowest BCUT2D eigenvalue weighted by atomic mass is 10.0. The normalized spacial score (nSPS) is 13.8. The highest BCUT2D eigenvalue weighted by Crippen LogP contribution is 2.36. The molecule has 0 aliphatic rings. The molecule has 0 bridgehead atoms. The van der Waals surface area contributed by atoms with Gasteiger partial charge in [-0.05, 0) is 17.7 Å². The van der Waals surface area contributed by atoms with Crippen molar-refractivity contribution in [2.45, 2.75) is 18.3 Å². The van der Waals surface area contributed by atoms with Gasteiger partial charge in [0.2, 0.25) is 0 Å². The molecule has 28 heavy (non-hydrogen) atoms. The minimum Gasteiger partial charge on any atom is -0.394 e. The Kier molecular flexibility index (Phi) is 6.27. The summed E-state index contributed by atoms with van der Waals surface area (Å²) in [4.78, 5) is 22.3. The van der Waals surface area contributed by atoms with Crippen molar-refractivity contribution >= 4 is 23.2 Å². The lowest BCUT2D eigenvalue weighted by Gasteiger charge is -2.22. The number of aliphatic hydroxyl groups is 2. The summed E-state index contributed by atoms with van der Waals surface area (Å²) in [5.74, 6) is -1.14. The van der Waals surface area contributed by atoms with Crippen molar-refractivity contribution < 1.29 is 33.1 Å². The Morgan fingerprint density at radius 3 is 2.39 bits per heavy atom. The minimum atomic E-state index is -4.84. The van der Waals surface area contributed by atoms with Gasteiger partial charge in [-0.1, -0.05) is 11.6 Å². The van der Waals surface area contributed by atoms with E-state index in [2.05, 4.69) is 10.4 Å². The fraction of sp³-hybridized carbons (Fsp3) is 0.333. The van der Waals surface area contributed by atoms with E-state index in [1.165, 1.54) is 12.1 Å². The first-order valence-corrected chi connectivity index (χ1v) is 7.99. The molecule has 2 unspecified atom stereocenters. The Labute approximate surface area is 160 Å². The molecule has 1 aromatic carbocycles. The predicted octanol–water partition coefficient (Wildman–Crippen LogP) is 1.82. The van der Waals surface area contributed by atoms with Crippen LogP contribution in [0.15, 0.2) is 24.3 Å². The molecule has 0 spiro atoms. The molecule has 1 aromatic heterocycles. The summed E-state index contributed by atoms with van der Waals surface area (Å²) in [7, 11) is 0.959. The van der Waals surface area contributed by atoms with Crippen molar-refractivity contribution in [2.24, 2.45) is 7.05 Å². The van der Waals surface area contributed by atoms with Crippen molar-refractivity contribution in [1.82, 2.24) is 15.1 Å². The van der Waals surface area contributed by atoms with Crippen molar-refractivity contribution in [2.75, 3.05) is 6.61 Å². The van der Waals surface area contributed by atoms with Crippen LogP contribution in [0.1, 0.15) is 27.8 Å². The van der Waals surface area contributed by atoms with Crippen molar-refractivity contribution in [3.05, 3.63) is 56.4 Å². The van der Waals surface area contributed by atoms with Gasteiger partial charge in [-0.25, -0.2) is 0 Å². The number of nitro benzene ring substituents is 1. The number of halogens is 4. The second-order valence-corrected chi connectivity index (χ2v) is 6.07. The summed E-state index contributed by atoms with van der Waals surface area (Å²) in [5, 5.41) is 35.0. The zero-order chi connectivity index (χ0) is 21.2. The summed E-state index contributed by atoms with van der Waals surface area (Å²) in [6.45, 7) is -0.777. The van der Waals surface area contributed by atoms with Gasteiger partial charge >= 0.3 is 6.18 Å². The smallest absolute Gasteiger partial charge is 0.394 e. The van der Waals surface area contributed by atoms with E-state index in [1.54, 1.807) is 0 Å². The van der Waals surface area contributed by atoms with E-state index < -0.39 is 52.2 Å². The lowest BCUT2D eigenvalue weighted by molar-refractivity contribution is -0.384. The number of aliphatic hydroxyl groups excluding tert-OH is 2. The summed E-state index contributed by atoms with van der Waals surface area (Å²) in [6, 6.07) is 3.32. The molecule has 0 saturated carbocycles.